The Bertz CT molecular complexity index is 800. The Kier molecular flexibility index (Phi) is 12.4. The highest BCUT2D eigenvalue weighted by Gasteiger charge is 2.28. The fourth-order valence-electron chi connectivity index (χ4n) is 3.60. The smallest absolute Gasteiger partial charge is 0.250 e. The molecule has 1 aromatic heterocycles. The number of pyridine rings is 1. The predicted octanol–water partition coefficient (Wildman–Crippen LogP) is 4.56. The highest BCUT2D eigenvalue weighted by molar-refractivity contribution is 14.0. The molecule has 0 spiro atoms. The SMILES string of the molecule is CCNC(=NCC(CC)(CC)c1ccccc1)NCCCCn1ccccc1=O.I. The van der Waals surface area contributed by atoms with Crippen molar-refractivity contribution in [1.29, 1.82) is 0 Å². The number of aromatic nitrogens is 1. The van der Waals surface area contributed by atoms with Gasteiger partial charge in [0.05, 0.1) is 6.54 Å². The number of nitrogens with one attached hydrogen (secondary N) is 2. The minimum absolute atomic E-state index is 0. The third kappa shape index (κ3) is 7.78. The van der Waals surface area contributed by atoms with Crippen molar-refractivity contribution < 1.29 is 0 Å². The van der Waals surface area contributed by atoms with Gasteiger partial charge in [0.15, 0.2) is 5.96 Å². The summed E-state index contributed by atoms with van der Waals surface area (Å²) in [5.74, 6) is 0.867. The third-order valence-corrected chi connectivity index (χ3v) is 5.64. The van der Waals surface area contributed by atoms with Crippen molar-refractivity contribution in [2.75, 3.05) is 19.6 Å². The van der Waals surface area contributed by atoms with Crippen molar-refractivity contribution >= 4 is 29.9 Å². The maximum absolute atomic E-state index is 11.7. The van der Waals surface area contributed by atoms with Gasteiger partial charge in [-0.15, -0.1) is 24.0 Å². The zero-order valence-electron chi connectivity index (χ0n) is 18.6. The molecule has 2 N–H and O–H groups in total. The molecule has 0 aliphatic heterocycles. The Morgan fingerprint density at radius 3 is 2.30 bits per heavy atom. The second-order valence-corrected chi connectivity index (χ2v) is 7.41. The highest BCUT2D eigenvalue weighted by Crippen LogP contribution is 2.31. The molecular formula is C24H37IN4O. The largest absolute Gasteiger partial charge is 0.357 e. The Labute approximate surface area is 198 Å². The van der Waals surface area contributed by atoms with Gasteiger partial charge in [0.2, 0.25) is 5.56 Å². The number of aliphatic imine (C=N–C) groups is 1. The first-order valence-electron chi connectivity index (χ1n) is 10.9. The maximum Gasteiger partial charge on any atom is 0.250 e. The number of hydrogen-bond acceptors (Lipinski definition) is 2. The molecule has 5 nitrogen and oxygen atoms in total. The minimum atomic E-state index is 0. The van der Waals surface area contributed by atoms with Gasteiger partial charge in [0.1, 0.15) is 0 Å². The van der Waals surface area contributed by atoms with Crippen LogP contribution in [-0.4, -0.2) is 30.2 Å². The second-order valence-electron chi connectivity index (χ2n) is 7.41. The average Bonchev–Trinajstić information content (AvgIpc) is 2.76. The van der Waals surface area contributed by atoms with E-state index in [4.69, 9.17) is 4.99 Å². The van der Waals surface area contributed by atoms with Crippen molar-refractivity contribution in [3.63, 3.8) is 0 Å². The van der Waals surface area contributed by atoms with E-state index in [9.17, 15) is 4.79 Å². The summed E-state index contributed by atoms with van der Waals surface area (Å²) >= 11 is 0. The summed E-state index contributed by atoms with van der Waals surface area (Å²) in [4.78, 5) is 16.7. The number of guanidine groups is 1. The van der Waals surface area contributed by atoms with E-state index in [2.05, 4.69) is 61.7 Å². The van der Waals surface area contributed by atoms with Crippen LogP contribution in [0, 0.1) is 0 Å². The lowest BCUT2D eigenvalue weighted by Gasteiger charge is -2.31. The van der Waals surface area contributed by atoms with E-state index >= 15 is 0 Å². The molecule has 0 atom stereocenters. The van der Waals surface area contributed by atoms with Gasteiger partial charge in [-0.25, -0.2) is 0 Å². The first-order valence-corrected chi connectivity index (χ1v) is 10.9. The maximum atomic E-state index is 11.7. The van der Waals surface area contributed by atoms with Crippen LogP contribution in [0.3, 0.4) is 0 Å². The van der Waals surface area contributed by atoms with Crippen molar-refractivity contribution in [1.82, 2.24) is 15.2 Å². The van der Waals surface area contributed by atoms with E-state index in [1.54, 1.807) is 16.7 Å². The van der Waals surface area contributed by atoms with E-state index < -0.39 is 0 Å². The molecule has 30 heavy (non-hydrogen) atoms. The molecule has 0 saturated carbocycles. The molecule has 6 heteroatoms. The Balaban J connectivity index is 0.00000450. The van der Waals surface area contributed by atoms with Crippen LogP contribution in [0.15, 0.2) is 64.5 Å². The van der Waals surface area contributed by atoms with Gasteiger partial charge in [0.25, 0.3) is 0 Å². The Morgan fingerprint density at radius 2 is 1.67 bits per heavy atom. The van der Waals surface area contributed by atoms with Crippen molar-refractivity contribution in [2.24, 2.45) is 4.99 Å². The fourth-order valence-corrected chi connectivity index (χ4v) is 3.60. The lowest BCUT2D eigenvalue weighted by Crippen LogP contribution is -2.39. The van der Waals surface area contributed by atoms with Gasteiger partial charge in [-0.3, -0.25) is 9.79 Å². The zero-order valence-corrected chi connectivity index (χ0v) is 20.9. The first-order chi connectivity index (χ1) is 14.1. The van der Waals surface area contributed by atoms with Gasteiger partial charge in [-0.1, -0.05) is 50.2 Å². The van der Waals surface area contributed by atoms with Gasteiger partial charge in [0, 0.05) is 37.3 Å². The summed E-state index contributed by atoms with van der Waals surface area (Å²) in [7, 11) is 0. The number of unbranched alkanes of at least 4 members (excludes halogenated alkanes) is 1. The minimum Gasteiger partial charge on any atom is -0.357 e. The van der Waals surface area contributed by atoms with Crippen LogP contribution in [0.4, 0.5) is 0 Å². The molecular weight excluding hydrogens is 487 g/mol. The van der Waals surface area contributed by atoms with E-state index in [0.717, 1.165) is 57.8 Å². The summed E-state index contributed by atoms with van der Waals surface area (Å²) in [6, 6.07) is 16.0. The predicted molar refractivity (Wildman–Crippen MR) is 138 cm³/mol. The molecule has 0 amide bonds. The molecule has 0 unspecified atom stereocenters. The van der Waals surface area contributed by atoms with E-state index in [-0.39, 0.29) is 35.0 Å². The third-order valence-electron chi connectivity index (χ3n) is 5.64. The topological polar surface area (TPSA) is 58.4 Å². The lowest BCUT2D eigenvalue weighted by molar-refractivity contribution is 0.406. The van der Waals surface area contributed by atoms with Crippen molar-refractivity contribution in [3.8, 4) is 0 Å². The summed E-state index contributed by atoms with van der Waals surface area (Å²) < 4.78 is 1.76. The number of rotatable bonds is 11. The molecule has 1 aromatic carbocycles. The van der Waals surface area contributed by atoms with E-state index in [1.807, 2.05) is 12.3 Å². The Morgan fingerprint density at radius 1 is 0.967 bits per heavy atom. The summed E-state index contributed by atoms with van der Waals surface area (Å²) in [6.07, 6.45) is 5.90. The van der Waals surface area contributed by atoms with Crippen molar-refractivity contribution in [2.45, 2.75) is 58.4 Å². The monoisotopic (exact) mass is 524 g/mol. The molecule has 0 saturated heterocycles. The fraction of sp³-hybridized carbons (Fsp3) is 0.500. The van der Waals surface area contributed by atoms with Crippen LogP contribution >= 0.6 is 24.0 Å². The van der Waals surface area contributed by atoms with Crippen LogP contribution < -0.4 is 16.2 Å². The average molecular weight is 524 g/mol. The number of benzene rings is 1. The number of hydrogen-bond donors (Lipinski definition) is 2. The van der Waals surface area contributed by atoms with Crippen LogP contribution in [0.5, 0.6) is 0 Å². The normalized spacial score (nSPS) is 11.6. The van der Waals surface area contributed by atoms with E-state index in [0.29, 0.717) is 0 Å². The zero-order chi connectivity index (χ0) is 21.0. The second kappa shape index (κ2) is 14.2. The Hall–Kier alpha value is -1.83. The molecule has 2 aromatic rings. The number of aryl methyl sites for hydroxylation is 1. The van der Waals surface area contributed by atoms with Gasteiger partial charge >= 0.3 is 0 Å². The van der Waals surface area contributed by atoms with Crippen LogP contribution in [0.2, 0.25) is 0 Å². The molecule has 0 radical (unpaired) electrons. The molecule has 0 aliphatic carbocycles. The van der Waals surface area contributed by atoms with Crippen LogP contribution in [0.1, 0.15) is 52.0 Å². The highest BCUT2D eigenvalue weighted by atomic mass is 127. The lowest BCUT2D eigenvalue weighted by atomic mass is 9.76. The molecule has 0 bridgehead atoms. The summed E-state index contributed by atoms with van der Waals surface area (Å²) in [5.41, 5.74) is 1.49. The van der Waals surface area contributed by atoms with Gasteiger partial charge < -0.3 is 15.2 Å². The molecule has 0 fully saturated rings. The molecule has 2 rings (SSSR count). The number of halogens is 1. The quantitative estimate of drug-likeness (QED) is 0.196. The first kappa shape index (κ1) is 26.2. The standard InChI is InChI=1S/C24H36N4O.HI/c1-4-24(5-2,21-14-8-7-9-15-21)20-27-23(25-6-3)26-17-11-13-19-28-18-12-10-16-22(28)29;/h7-10,12,14-16,18H,4-6,11,13,17,19-20H2,1-3H3,(H2,25,26,27);1H. The number of nitrogens with zero attached hydrogens (tertiary/aromatic N) is 2. The molecule has 1 heterocycles. The van der Waals surface area contributed by atoms with Gasteiger partial charge in [-0.05, 0) is 44.2 Å². The van der Waals surface area contributed by atoms with E-state index in [1.165, 1.54) is 5.56 Å². The summed E-state index contributed by atoms with van der Waals surface area (Å²) in [5, 5.41) is 6.80. The van der Waals surface area contributed by atoms with Crippen LogP contribution in [0.25, 0.3) is 0 Å². The molecule has 166 valence electrons. The summed E-state index contributed by atoms with van der Waals surface area (Å²) in [6.45, 7) is 9.77. The molecule has 0 aliphatic rings. The van der Waals surface area contributed by atoms with Gasteiger partial charge in [-0.2, -0.15) is 0 Å². The van der Waals surface area contributed by atoms with Crippen molar-refractivity contribution in [3.05, 3.63) is 70.6 Å². The van der Waals surface area contributed by atoms with Crippen LogP contribution in [-0.2, 0) is 12.0 Å².